The van der Waals surface area contributed by atoms with Crippen molar-refractivity contribution in [1.82, 2.24) is 9.47 Å². The molecule has 18 atom stereocenters. The van der Waals surface area contributed by atoms with E-state index in [4.69, 9.17) is 42.6 Å². The molecule has 23 heteroatoms. The number of hydrogen-bond donors (Lipinski definition) is 6. The lowest BCUT2D eigenvalue weighted by Crippen LogP contribution is -2.61. The maximum Gasteiger partial charge on any atom is 0.341 e. The first-order valence-electron chi connectivity index (χ1n) is 28.1. The number of nitrogens with one attached hydrogen (secondary N) is 1. The molecule has 4 fully saturated rings. The van der Waals surface area contributed by atoms with Crippen molar-refractivity contribution < 1.29 is 91.7 Å². The van der Waals surface area contributed by atoms with E-state index in [0.29, 0.717) is 11.9 Å². The fourth-order valence-electron chi connectivity index (χ4n) is 11.9. The van der Waals surface area contributed by atoms with Crippen molar-refractivity contribution >= 4 is 40.3 Å². The normalized spacial score (nSPS) is 36.8. The van der Waals surface area contributed by atoms with Crippen LogP contribution in [0, 0.1) is 29.5 Å². The van der Waals surface area contributed by atoms with Gasteiger partial charge >= 0.3 is 17.9 Å². The number of esters is 2. The van der Waals surface area contributed by atoms with Crippen LogP contribution in [0.5, 0.6) is 0 Å². The van der Waals surface area contributed by atoms with Gasteiger partial charge in [-0.1, -0.05) is 27.7 Å². The summed E-state index contributed by atoms with van der Waals surface area (Å²) in [7, 11) is 5.10. The summed E-state index contributed by atoms with van der Waals surface area (Å²) < 4.78 is 72.3. The van der Waals surface area contributed by atoms with Crippen LogP contribution >= 0.6 is 0 Å². The van der Waals surface area contributed by atoms with Crippen molar-refractivity contribution in [3.05, 3.63) is 39.9 Å². The number of nitrogens with zero attached hydrogens (tertiary/aromatic N) is 2. The van der Waals surface area contributed by atoms with Gasteiger partial charge in [0, 0.05) is 61.5 Å². The second kappa shape index (κ2) is 27.0. The molecule has 0 bridgehead atoms. The van der Waals surface area contributed by atoms with E-state index in [-0.39, 0.29) is 87.9 Å². The number of pyridine rings is 1. The standard InChI is InChI=1S/C57H88FN3O19/c1-14-42-57(10,71)49(66)31(4)45(63)29(2)26-55(8,70)50(80-54-47(65)41(60(11)12)23-30(3)75-54)32(5)48(33(6)53(69)77-42)79-44-27-56(9,72-13)51(34(7)76-44)78-43(62)17-19-73-21-22-74-20-18-59-39-25-40-36(24-38(39)58)46(64)37(52(67)68)28-61(40)35-15-16-35/h24-25,28-35,41-42,44,47-51,54,59,65-66,70-71H,14-23,26-27H2,1-13H3,(H,67,68)/t29-,30+,31+,32+,33-,34+,41-,42-,44+,47+,48+,49-,50-,51+,54-,55-,56-,57-/m1/s1. The van der Waals surface area contributed by atoms with E-state index < -0.39 is 136 Å². The van der Waals surface area contributed by atoms with Gasteiger partial charge in [0.2, 0.25) is 5.43 Å². The highest BCUT2D eigenvalue weighted by Gasteiger charge is 2.54. The molecular formula is C57H88FN3O19. The van der Waals surface area contributed by atoms with Crippen molar-refractivity contribution in [2.45, 2.75) is 204 Å². The number of carboxylic acid groups (broad SMARTS) is 1. The summed E-state index contributed by atoms with van der Waals surface area (Å²) in [6.45, 7) is 16.7. The highest BCUT2D eigenvalue weighted by atomic mass is 19.1. The van der Waals surface area contributed by atoms with Crippen LogP contribution in [0.1, 0.15) is 131 Å². The minimum absolute atomic E-state index is 0.00714. The Labute approximate surface area is 467 Å². The molecule has 1 aliphatic carbocycles. The Morgan fingerprint density at radius 2 is 1.56 bits per heavy atom. The molecule has 2 aromatic rings. The predicted octanol–water partition coefficient (Wildman–Crippen LogP) is 4.36. The Balaban J connectivity index is 1.10. The number of Topliss-reactive ketones (excluding diaryl/α,β-unsaturated/α-hetero) is 1. The highest BCUT2D eigenvalue weighted by Crippen LogP contribution is 2.42. The minimum atomic E-state index is -2.07. The summed E-state index contributed by atoms with van der Waals surface area (Å²) in [5.74, 6) is -8.12. The van der Waals surface area contributed by atoms with E-state index in [9.17, 15) is 49.5 Å². The zero-order valence-electron chi connectivity index (χ0n) is 48.7. The first kappa shape index (κ1) is 64.9. The van der Waals surface area contributed by atoms with Crippen molar-refractivity contribution in [1.29, 1.82) is 0 Å². The third-order valence-electron chi connectivity index (χ3n) is 16.7. The van der Waals surface area contributed by atoms with E-state index in [1.807, 2.05) is 25.9 Å². The van der Waals surface area contributed by atoms with Gasteiger partial charge < -0.3 is 82.9 Å². The number of carboxylic acids is 1. The zero-order valence-corrected chi connectivity index (χ0v) is 48.7. The van der Waals surface area contributed by atoms with Crippen molar-refractivity contribution in [2.24, 2.45) is 23.7 Å². The maximum absolute atomic E-state index is 15.1. The Morgan fingerprint density at radius 3 is 2.17 bits per heavy atom. The molecule has 0 spiro atoms. The number of likely N-dealkylation sites (N-methyl/N-ethyl adjacent to an activating group) is 1. The van der Waals surface area contributed by atoms with Gasteiger partial charge in [-0.3, -0.25) is 19.2 Å². The van der Waals surface area contributed by atoms with Crippen LogP contribution in [-0.4, -0.2) is 197 Å². The van der Waals surface area contributed by atoms with Crippen LogP contribution in [0.4, 0.5) is 10.1 Å². The first-order valence-corrected chi connectivity index (χ1v) is 28.1. The molecule has 3 saturated heterocycles. The van der Waals surface area contributed by atoms with E-state index in [1.165, 1.54) is 40.1 Å². The predicted molar refractivity (Wildman–Crippen MR) is 288 cm³/mol. The van der Waals surface area contributed by atoms with Gasteiger partial charge in [-0.05, 0) is 99.9 Å². The Morgan fingerprint density at radius 1 is 0.900 bits per heavy atom. The average Bonchev–Trinajstić information content (AvgIpc) is 4.40. The van der Waals surface area contributed by atoms with Crippen LogP contribution in [0.15, 0.2) is 23.1 Å². The number of carbonyl (C=O) groups is 4. The fraction of sp³-hybridized carbons (Fsp3) is 0.772. The van der Waals surface area contributed by atoms with Crippen molar-refractivity contribution in [3.8, 4) is 0 Å². The number of ether oxygens (including phenoxy) is 9. The number of aromatic carboxylic acids is 1. The third-order valence-corrected chi connectivity index (χ3v) is 16.7. The molecule has 4 aliphatic rings. The van der Waals surface area contributed by atoms with Gasteiger partial charge in [-0.25, -0.2) is 9.18 Å². The number of ketones is 1. The van der Waals surface area contributed by atoms with E-state index in [2.05, 4.69) is 5.32 Å². The van der Waals surface area contributed by atoms with Crippen molar-refractivity contribution in [3.63, 3.8) is 0 Å². The molecule has 0 radical (unpaired) electrons. The number of halogens is 1. The third kappa shape index (κ3) is 14.9. The number of methoxy groups -OCH3 is 1. The van der Waals surface area contributed by atoms with Crippen LogP contribution < -0.4 is 10.7 Å². The molecule has 6 rings (SSSR count). The number of cyclic esters (lactones) is 1. The smallest absolute Gasteiger partial charge is 0.341 e. The molecule has 3 aliphatic heterocycles. The van der Waals surface area contributed by atoms with Crippen LogP contribution in [0.25, 0.3) is 10.9 Å². The molecule has 22 nitrogen and oxygen atoms in total. The highest BCUT2D eigenvalue weighted by molar-refractivity contribution is 5.93. The van der Waals surface area contributed by atoms with Gasteiger partial charge in [0.1, 0.15) is 40.6 Å². The van der Waals surface area contributed by atoms with Crippen LogP contribution in [-0.2, 0) is 57.0 Å². The van der Waals surface area contributed by atoms with Crippen LogP contribution in [0.2, 0.25) is 0 Å². The van der Waals surface area contributed by atoms with Gasteiger partial charge in [0.05, 0.1) is 86.1 Å². The summed E-state index contributed by atoms with van der Waals surface area (Å²) in [4.78, 5) is 68.2. The number of anilines is 1. The number of aromatic nitrogens is 1. The molecule has 4 heterocycles. The minimum Gasteiger partial charge on any atom is -0.477 e. The Bertz CT molecular complexity index is 2520. The molecule has 1 aromatic heterocycles. The monoisotopic (exact) mass is 1140 g/mol. The molecule has 1 saturated carbocycles. The number of fused-ring (bicyclic) bond motifs is 1. The Hall–Kier alpha value is -4.24. The topological polar surface area (TPSA) is 290 Å². The number of benzene rings is 1. The summed E-state index contributed by atoms with van der Waals surface area (Å²) >= 11 is 0. The number of aliphatic hydroxyl groups is 4. The lowest BCUT2D eigenvalue weighted by Gasteiger charge is -2.49. The number of carbonyl (C=O) groups excluding carboxylic acids is 3. The van der Waals surface area contributed by atoms with Crippen LogP contribution in [0.3, 0.4) is 0 Å². The summed E-state index contributed by atoms with van der Waals surface area (Å²) in [6.07, 6.45) is -8.04. The lowest BCUT2D eigenvalue weighted by atomic mass is 9.74. The fourth-order valence-corrected chi connectivity index (χ4v) is 11.9. The van der Waals surface area contributed by atoms with Gasteiger partial charge in [0.25, 0.3) is 0 Å². The largest absolute Gasteiger partial charge is 0.477 e. The van der Waals surface area contributed by atoms with Gasteiger partial charge in [-0.15, -0.1) is 0 Å². The summed E-state index contributed by atoms with van der Waals surface area (Å²) in [5.41, 5.74) is -5.77. The lowest BCUT2D eigenvalue weighted by molar-refractivity contribution is -0.318. The first-order chi connectivity index (χ1) is 37.5. The molecule has 0 unspecified atom stereocenters. The number of rotatable bonds is 20. The van der Waals surface area contributed by atoms with Crippen molar-refractivity contribution in [2.75, 3.05) is 59.5 Å². The Kier molecular flexibility index (Phi) is 21.9. The zero-order chi connectivity index (χ0) is 59.3. The summed E-state index contributed by atoms with van der Waals surface area (Å²) in [5, 5.41) is 60.1. The van der Waals surface area contributed by atoms with Gasteiger partial charge in [-0.2, -0.15) is 0 Å². The quantitative estimate of drug-likeness (QED) is 0.0793. The molecule has 452 valence electrons. The molecule has 1 aromatic carbocycles. The second-order valence-corrected chi connectivity index (χ2v) is 23.5. The van der Waals surface area contributed by atoms with E-state index in [0.717, 1.165) is 18.9 Å². The molecule has 6 N–H and O–H groups in total. The van der Waals surface area contributed by atoms with Gasteiger partial charge in [0.15, 0.2) is 18.7 Å². The van der Waals surface area contributed by atoms with E-state index >= 15 is 4.39 Å². The molecular weight excluding hydrogens is 1050 g/mol. The number of aliphatic hydroxyl groups excluding tert-OH is 2. The average molecular weight is 1140 g/mol. The number of hydrogen-bond acceptors (Lipinski definition) is 20. The maximum atomic E-state index is 15.1. The molecule has 80 heavy (non-hydrogen) atoms. The van der Waals surface area contributed by atoms with E-state index in [1.54, 1.807) is 46.1 Å². The second-order valence-electron chi connectivity index (χ2n) is 23.5. The SMILES string of the molecule is CC[C@H]1OC(=O)[C@H](C)[C@@H](O[C@H]2C[C@@](C)(OC)[C@@H](OC(=O)CCOCCOCCNc3cc4c(cc3F)c(=O)c(C(=O)O)cn4C3CC3)[C@H](C)O2)[C@H](C)[C@@H](O[C@H]2O[C@@H](C)C[C@@H](N(C)C)[C@@H]2O)[C@](C)(O)C[C@@H](C)C(=O)[C@H](C)[C@@H](O)[C@]1(C)O. The summed E-state index contributed by atoms with van der Waals surface area (Å²) in [6, 6.07) is 2.20. The molecule has 0 amide bonds.